The molecule has 36 heavy (non-hydrogen) atoms. The van der Waals surface area contributed by atoms with E-state index >= 15 is 0 Å². The molecule has 0 aliphatic carbocycles. The number of carbonyl (C=O) groups is 2. The summed E-state index contributed by atoms with van der Waals surface area (Å²) in [6.45, 7) is -0.200. The number of nitrogens with one attached hydrogen (secondary N) is 1. The number of ether oxygens (including phenoxy) is 3. The summed E-state index contributed by atoms with van der Waals surface area (Å²) in [4.78, 5) is 24.0. The van der Waals surface area contributed by atoms with Gasteiger partial charge >= 0.3 is 14.6 Å². The van der Waals surface area contributed by atoms with Crippen molar-refractivity contribution in [1.82, 2.24) is 10.2 Å². The van der Waals surface area contributed by atoms with Gasteiger partial charge in [0.25, 0.3) is 0 Å². The molecule has 0 spiro atoms. The SMILES string of the molecule is CNC(=O)N(/C=C\C=O)C1CC(F)C(COP(Oc2ccc(OC)cc2)Oc2ccc(OC)cc2)O1. The molecule has 12 heteroatoms. The lowest BCUT2D eigenvalue weighted by atomic mass is 10.2. The molecule has 1 fully saturated rings. The number of amides is 2. The van der Waals surface area contributed by atoms with Gasteiger partial charge in [-0.3, -0.25) is 14.2 Å². The third-order valence-electron chi connectivity index (χ3n) is 5.07. The first-order valence-corrected chi connectivity index (χ1v) is 12.1. The molecule has 3 unspecified atom stereocenters. The smallest absolute Gasteiger partial charge is 0.463 e. The highest BCUT2D eigenvalue weighted by Gasteiger charge is 2.40. The second-order valence-corrected chi connectivity index (χ2v) is 8.44. The van der Waals surface area contributed by atoms with E-state index in [4.69, 9.17) is 27.8 Å². The van der Waals surface area contributed by atoms with Crippen LogP contribution < -0.4 is 23.8 Å². The van der Waals surface area contributed by atoms with Crippen molar-refractivity contribution in [1.29, 1.82) is 0 Å². The lowest BCUT2D eigenvalue weighted by Gasteiger charge is -2.25. The van der Waals surface area contributed by atoms with E-state index in [9.17, 15) is 14.0 Å². The molecule has 2 amide bonds. The van der Waals surface area contributed by atoms with Gasteiger partial charge in [0.2, 0.25) is 0 Å². The van der Waals surface area contributed by atoms with Crippen molar-refractivity contribution in [2.24, 2.45) is 0 Å². The van der Waals surface area contributed by atoms with E-state index in [-0.39, 0.29) is 13.0 Å². The Bertz CT molecular complexity index is 959. The number of hydrogen-bond acceptors (Lipinski definition) is 8. The van der Waals surface area contributed by atoms with Crippen LogP contribution >= 0.6 is 8.60 Å². The average Bonchev–Trinajstić information content (AvgIpc) is 3.27. The highest BCUT2D eigenvalue weighted by Crippen LogP contribution is 2.43. The summed E-state index contributed by atoms with van der Waals surface area (Å²) in [5.74, 6) is 2.22. The molecule has 194 valence electrons. The number of methoxy groups -OCH3 is 2. The molecular weight excluding hydrogens is 494 g/mol. The quantitative estimate of drug-likeness (QED) is 0.251. The van der Waals surface area contributed by atoms with E-state index < -0.39 is 33.1 Å². The standard InChI is InChI=1S/C24H28FN2O8P/c1-26-24(29)27(13-4-14-28)23-15-21(25)22(33-23)16-32-36(34-19-9-5-17(30-2)6-10-19)35-20-11-7-18(31-3)8-12-20/h4-14,21-23H,15-16H2,1-3H3,(H,26,29)/b13-4-. The summed E-state index contributed by atoms with van der Waals surface area (Å²) in [7, 11) is 2.52. The van der Waals surface area contributed by atoms with Crippen molar-refractivity contribution in [2.75, 3.05) is 27.9 Å². The molecule has 2 aromatic carbocycles. The van der Waals surface area contributed by atoms with E-state index in [1.165, 1.54) is 13.2 Å². The number of benzene rings is 2. The van der Waals surface area contributed by atoms with Gasteiger partial charge in [-0.25, -0.2) is 9.18 Å². The molecule has 0 radical (unpaired) electrons. The second kappa shape index (κ2) is 13.6. The zero-order valence-electron chi connectivity index (χ0n) is 20.0. The van der Waals surface area contributed by atoms with Crippen molar-refractivity contribution in [2.45, 2.75) is 24.9 Å². The largest absolute Gasteiger partial charge is 0.497 e. The van der Waals surface area contributed by atoms with Crippen LogP contribution in [0.3, 0.4) is 0 Å². The van der Waals surface area contributed by atoms with E-state index in [1.54, 1.807) is 62.8 Å². The third kappa shape index (κ3) is 7.55. The molecule has 1 aliphatic heterocycles. The highest BCUT2D eigenvalue weighted by molar-refractivity contribution is 7.42. The zero-order valence-corrected chi connectivity index (χ0v) is 20.9. The van der Waals surface area contributed by atoms with E-state index in [0.29, 0.717) is 29.3 Å². The van der Waals surface area contributed by atoms with Gasteiger partial charge in [-0.15, -0.1) is 0 Å². The summed E-state index contributed by atoms with van der Waals surface area (Å²) >= 11 is 0. The van der Waals surface area contributed by atoms with Crippen LogP contribution in [0.15, 0.2) is 60.8 Å². The average molecular weight is 522 g/mol. The van der Waals surface area contributed by atoms with Crippen molar-refractivity contribution < 1.29 is 41.8 Å². The summed E-state index contributed by atoms with van der Waals surface area (Å²) in [6.07, 6.45) is -0.554. The minimum atomic E-state index is -2.01. The molecule has 1 saturated heterocycles. The Balaban J connectivity index is 1.68. The Morgan fingerprint density at radius 2 is 1.58 bits per heavy atom. The van der Waals surface area contributed by atoms with Crippen molar-refractivity contribution in [3.8, 4) is 23.0 Å². The number of rotatable bonds is 12. The van der Waals surface area contributed by atoms with Gasteiger partial charge in [0.1, 0.15) is 47.8 Å². The molecule has 1 N–H and O–H groups in total. The summed E-state index contributed by atoms with van der Waals surface area (Å²) in [5.41, 5.74) is 0. The van der Waals surface area contributed by atoms with Crippen molar-refractivity contribution in [3.05, 3.63) is 60.8 Å². The Morgan fingerprint density at radius 3 is 2.06 bits per heavy atom. The molecule has 10 nitrogen and oxygen atoms in total. The summed E-state index contributed by atoms with van der Waals surface area (Å²) in [5, 5.41) is 2.43. The summed E-state index contributed by atoms with van der Waals surface area (Å²) < 4.78 is 48.4. The third-order valence-corrected chi connectivity index (χ3v) is 6.15. The van der Waals surface area contributed by atoms with E-state index in [0.717, 1.165) is 11.0 Å². The first-order valence-electron chi connectivity index (χ1n) is 11.0. The number of halogens is 1. The minimum Gasteiger partial charge on any atom is -0.497 e. The Kier molecular flexibility index (Phi) is 10.3. The fourth-order valence-electron chi connectivity index (χ4n) is 3.21. The maximum absolute atomic E-state index is 14.8. The number of alkyl halides is 1. The van der Waals surface area contributed by atoms with Crippen LogP contribution in [0.1, 0.15) is 6.42 Å². The normalized spacial score (nSPS) is 19.2. The number of allylic oxidation sites excluding steroid dienone is 1. The molecule has 0 saturated carbocycles. The topological polar surface area (TPSA) is 105 Å². The van der Waals surface area contributed by atoms with Crippen LogP contribution in [-0.4, -0.2) is 63.6 Å². The van der Waals surface area contributed by atoms with Gasteiger partial charge in [-0.1, -0.05) is 0 Å². The van der Waals surface area contributed by atoms with Gasteiger partial charge in [-0.05, 0) is 54.6 Å². The Labute approximate surface area is 209 Å². The highest BCUT2D eigenvalue weighted by atomic mass is 31.2. The van der Waals surface area contributed by atoms with Crippen LogP contribution in [0.4, 0.5) is 9.18 Å². The maximum atomic E-state index is 14.8. The lowest BCUT2D eigenvalue weighted by Crippen LogP contribution is -2.41. The van der Waals surface area contributed by atoms with Crippen LogP contribution in [-0.2, 0) is 14.1 Å². The fourth-order valence-corrected chi connectivity index (χ4v) is 4.21. The van der Waals surface area contributed by atoms with Crippen molar-refractivity contribution in [3.63, 3.8) is 0 Å². The second-order valence-electron chi connectivity index (χ2n) is 7.37. The zero-order chi connectivity index (χ0) is 25.9. The van der Waals surface area contributed by atoms with Crippen LogP contribution in [0.5, 0.6) is 23.0 Å². The van der Waals surface area contributed by atoms with Crippen LogP contribution in [0.25, 0.3) is 0 Å². The number of hydrogen-bond donors (Lipinski definition) is 1. The Morgan fingerprint density at radius 1 is 1.06 bits per heavy atom. The monoisotopic (exact) mass is 522 g/mol. The Hall–Kier alpha value is -3.40. The number of aldehydes is 1. The summed E-state index contributed by atoms with van der Waals surface area (Å²) in [6, 6.07) is 13.1. The molecule has 1 aliphatic rings. The number of urea groups is 1. The molecule has 0 bridgehead atoms. The van der Waals surface area contributed by atoms with Crippen LogP contribution in [0.2, 0.25) is 0 Å². The van der Waals surface area contributed by atoms with E-state index in [2.05, 4.69) is 5.32 Å². The lowest BCUT2D eigenvalue weighted by molar-refractivity contribution is -0.104. The number of carbonyl (C=O) groups excluding carboxylic acids is 2. The van der Waals surface area contributed by atoms with Gasteiger partial charge in [0.15, 0.2) is 0 Å². The predicted octanol–water partition coefficient (Wildman–Crippen LogP) is 4.21. The molecule has 3 rings (SSSR count). The van der Waals surface area contributed by atoms with Gasteiger partial charge in [-0.2, -0.15) is 0 Å². The van der Waals surface area contributed by atoms with Gasteiger partial charge in [0, 0.05) is 19.7 Å². The molecule has 2 aromatic rings. The predicted molar refractivity (Wildman–Crippen MR) is 130 cm³/mol. The molecular formula is C24H28FN2O8P. The fraction of sp³-hybridized carbons (Fsp3) is 0.333. The first-order chi connectivity index (χ1) is 17.5. The molecule has 1 heterocycles. The molecule has 3 atom stereocenters. The van der Waals surface area contributed by atoms with E-state index in [1.807, 2.05) is 0 Å². The molecule has 0 aromatic heterocycles. The maximum Gasteiger partial charge on any atom is 0.463 e. The first kappa shape index (κ1) is 27.2. The van der Waals surface area contributed by atoms with Gasteiger partial charge < -0.3 is 28.6 Å². The minimum absolute atomic E-state index is 0.0960. The van der Waals surface area contributed by atoms with Crippen molar-refractivity contribution >= 4 is 20.9 Å². The van der Waals surface area contributed by atoms with Gasteiger partial charge in [0.05, 0.1) is 20.8 Å². The number of nitrogens with zero attached hydrogens (tertiary/aromatic N) is 1. The van der Waals surface area contributed by atoms with Crippen LogP contribution in [0, 0.1) is 0 Å².